The van der Waals surface area contributed by atoms with Gasteiger partial charge in [0, 0.05) is 6.54 Å². The molecule has 0 saturated heterocycles. The lowest BCUT2D eigenvalue weighted by Crippen LogP contribution is -2.50. The van der Waals surface area contributed by atoms with Crippen molar-refractivity contribution in [2.24, 2.45) is 46.8 Å². The Morgan fingerprint density at radius 3 is 2.39 bits per heavy atom. The highest BCUT2D eigenvalue weighted by atomic mass is 32.2. The number of amides is 2. The zero-order valence-electron chi connectivity index (χ0n) is 27.6. The van der Waals surface area contributed by atoms with Gasteiger partial charge in [-0.15, -0.1) is 13.2 Å². The van der Waals surface area contributed by atoms with Crippen molar-refractivity contribution >= 4 is 16.1 Å². The number of hydrogen-bond donors (Lipinski definition) is 4. The van der Waals surface area contributed by atoms with Crippen LogP contribution in [0.2, 0.25) is 0 Å². The third kappa shape index (κ3) is 8.69. The quantitative estimate of drug-likeness (QED) is 0.209. The molecule has 0 radical (unpaired) electrons. The number of sulfonamides is 1. The Labute approximate surface area is 272 Å². The van der Waals surface area contributed by atoms with E-state index in [4.69, 9.17) is 0 Å². The van der Waals surface area contributed by atoms with Gasteiger partial charge in [0.15, 0.2) is 0 Å². The van der Waals surface area contributed by atoms with Crippen molar-refractivity contribution in [1.82, 2.24) is 10.0 Å². The minimum Gasteiger partial charge on any atom is -0.406 e. The molecule has 10 atom stereocenters. The number of carbonyl (C=O) groups excluding carboxylic acids is 1. The van der Waals surface area contributed by atoms with Crippen molar-refractivity contribution in [3.05, 3.63) is 24.3 Å². The van der Waals surface area contributed by atoms with Gasteiger partial charge in [-0.1, -0.05) is 34.1 Å². The van der Waals surface area contributed by atoms with Crippen LogP contribution in [0.5, 0.6) is 5.75 Å². The molecule has 3 aliphatic rings. The van der Waals surface area contributed by atoms with Crippen LogP contribution in [0.25, 0.3) is 0 Å². The summed E-state index contributed by atoms with van der Waals surface area (Å²) >= 11 is 0. The standard InChI is InChI=1S/C34H53F3N2O6S/c1-5-23-9-11-24(40)10-8-21(2)27-18-19-33(4)28(16-17-29(33)30(27)31(23)41)22(3)7-6-20-38-32(42)39-46(43,44)26-14-12-25(13-15-26)45-34(35,36)37/h12-15,21-24,27-31,40-41H,5-11,16-20H2,1-4H3,(H2,38,39,42)/t21?,22-,23-,24-,27-,28-,29+,30-,31-,33?/m1/s1. The summed E-state index contributed by atoms with van der Waals surface area (Å²) < 4.78 is 67.9. The molecular formula is C34H53F3N2O6S. The van der Waals surface area contributed by atoms with Crippen LogP contribution in [0.3, 0.4) is 0 Å². The minimum atomic E-state index is -4.90. The second kappa shape index (κ2) is 15.0. The third-order valence-corrected chi connectivity index (χ3v) is 13.2. The average molecular weight is 675 g/mol. The first kappa shape index (κ1) is 36.8. The Balaban J connectivity index is 1.31. The Kier molecular flexibility index (Phi) is 12.0. The van der Waals surface area contributed by atoms with Gasteiger partial charge in [0.1, 0.15) is 5.75 Å². The highest BCUT2D eigenvalue weighted by molar-refractivity contribution is 7.90. The van der Waals surface area contributed by atoms with Crippen LogP contribution in [0, 0.1) is 46.8 Å². The van der Waals surface area contributed by atoms with Crippen molar-refractivity contribution in [1.29, 1.82) is 0 Å². The maximum absolute atomic E-state index is 12.5. The van der Waals surface area contributed by atoms with Crippen molar-refractivity contribution in [2.45, 2.75) is 122 Å². The Morgan fingerprint density at radius 2 is 1.74 bits per heavy atom. The summed E-state index contributed by atoms with van der Waals surface area (Å²) in [5.41, 5.74) is 0.128. The zero-order valence-corrected chi connectivity index (χ0v) is 28.4. The third-order valence-electron chi connectivity index (χ3n) is 11.8. The first-order valence-electron chi connectivity index (χ1n) is 17.1. The Bertz CT molecular complexity index is 1260. The Hall–Kier alpha value is -2.05. The van der Waals surface area contributed by atoms with Crippen LogP contribution < -0.4 is 14.8 Å². The van der Waals surface area contributed by atoms with E-state index >= 15 is 0 Å². The molecule has 8 nitrogen and oxygen atoms in total. The lowest BCUT2D eigenvalue weighted by atomic mass is 9.52. The molecular weight excluding hydrogens is 621 g/mol. The number of alkyl halides is 3. The van der Waals surface area contributed by atoms with Gasteiger partial charge in [0.2, 0.25) is 0 Å². The molecule has 3 aliphatic carbocycles. The number of nitrogens with one attached hydrogen (secondary N) is 2. The molecule has 0 bridgehead atoms. The van der Waals surface area contributed by atoms with E-state index in [1.54, 1.807) is 0 Å². The first-order valence-corrected chi connectivity index (χ1v) is 18.6. The normalized spacial score (nSPS) is 34.5. The molecule has 0 aliphatic heterocycles. The lowest BCUT2D eigenvalue weighted by Gasteiger charge is -2.54. The summed E-state index contributed by atoms with van der Waals surface area (Å²) in [6.45, 7) is 9.45. The van der Waals surface area contributed by atoms with Crippen molar-refractivity contribution in [3.63, 3.8) is 0 Å². The summed E-state index contributed by atoms with van der Waals surface area (Å²) in [5, 5.41) is 25.0. The lowest BCUT2D eigenvalue weighted by molar-refractivity contribution is -0.274. The van der Waals surface area contributed by atoms with Crippen LogP contribution in [-0.2, 0) is 10.0 Å². The van der Waals surface area contributed by atoms with Gasteiger partial charge in [-0.05, 0) is 135 Å². The van der Waals surface area contributed by atoms with E-state index in [0.717, 1.165) is 88.5 Å². The van der Waals surface area contributed by atoms with Gasteiger partial charge < -0.3 is 20.3 Å². The highest BCUT2D eigenvalue weighted by Crippen LogP contribution is 2.63. The van der Waals surface area contributed by atoms with Gasteiger partial charge in [-0.25, -0.2) is 17.9 Å². The predicted molar refractivity (Wildman–Crippen MR) is 169 cm³/mol. The summed E-state index contributed by atoms with van der Waals surface area (Å²) in [6, 6.07) is 2.72. The second-order valence-corrected chi connectivity index (χ2v) is 16.2. The summed E-state index contributed by atoms with van der Waals surface area (Å²) in [6.07, 6.45) is 4.83. The van der Waals surface area contributed by atoms with E-state index < -0.39 is 28.2 Å². The number of fused-ring (bicyclic) bond motifs is 3. The summed E-state index contributed by atoms with van der Waals surface area (Å²) in [4.78, 5) is 12.0. The molecule has 4 rings (SSSR count). The first-order chi connectivity index (χ1) is 21.6. The van der Waals surface area contributed by atoms with E-state index in [1.165, 1.54) is 0 Å². The molecule has 0 spiro atoms. The van der Waals surface area contributed by atoms with E-state index in [2.05, 4.69) is 37.7 Å². The number of benzene rings is 1. The zero-order chi connectivity index (χ0) is 33.9. The van der Waals surface area contributed by atoms with E-state index in [-0.39, 0.29) is 40.9 Å². The van der Waals surface area contributed by atoms with Crippen LogP contribution in [-0.4, -0.2) is 49.8 Å². The van der Waals surface area contributed by atoms with E-state index in [0.29, 0.717) is 36.0 Å². The molecule has 3 saturated carbocycles. The van der Waals surface area contributed by atoms with Crippen LogP contribution in [0.1, 0.15) is 98.3 Å². The molecule has 12 heteroatoms. The fourth-order valence-electron chi connectivity index (χ4n) is 9.37. The van der Waals surface area contributed by atoms with Crippen LogP contribution in [0.4, 0.5) is 18.0 Å². The van der Waals surface area contributed by atoms with E-state index in [1.807, 2.05) is 4.72 Å². The fourth-order valence-corrected chi connectivity index (χ4v) is 10.3. The molecule has 0 aromatic heterocycles. The molecule has 4 N–H and O–H groups in total. The number of aliphatic hydroxyl groups excluding tert-OH is 2. The van der Waals surface area contributed by atoms with E-state index in [9.17, 15) is 36.6 Å². The number of ether oxygens (including phenoxy) is 1. The maximum Gasteiger partial charge on any atom is 0.573 e. The number of urea groups is 1. The molecule has 262 valence electrons. The number of aliphatic hydroxyl groups is 2. The molecule has 3 fully saturated rings. The predicted octanol–water partition coefficient (Wildman–Crippen LogP) is 7.01. The second-order valence-electron chi connectivity index (χ2n) is 14.5. The topological polar surface area (TPSA) is 125 Å². The summed E-state index contributed by atoms with van der Waals surface area (Å²) in [7, 11) is -4.28. The molecule has 0 heterocycles. The van der Waals surface area contributed by atoms with Gasteiger partial charge in [-0.2, -0.15) is 0 Å². The number of rotatable bonds is 9. The monoisotopic (exact) mass is 674 g/mol. The largest absolute Gasteiger partial charge is 0.573 e. The molecule has 2 unspecified atom stereocenters. The number of halogens is 3. The molecule has 1 aromatic rings. The van der Waals surface area contributed by atoms with Crippen molar-refractivity contribution in [3.8, 4) is 5.75 Å². The molecule has 46 heavy (non-hydrogen) atoms. The number of carbonyl (C=O) groups is 1. The van der Waals surface area contributed by atoms with Gasteiger partial charge >= 0.3 is 12.4 Å². The highest BCUT2D eigenvalue weighted by Gasteiger charge is 2.57. The average Bonchev–Trinajstić information content (AvgIpc) is 3.33. The molecule has 2 amide bonds. The van der Waals surface area contributed by atoms with Crippen molar-refractivity contribution < 1.29 is 41.3 Å². The van der Waals surface area contributed by atoms with Gasteiger partial charge in [0.05, 0.1) is 17.1 Å². The number of hydrogen-bond acceptors (Lipinski definition) is 6. The van der Waals surface area contributed by atoms with Gasteiger partial charge in [-0.3, -0.25) is 0 Å². The van der Waals surface area contributed by atoms with Gasteiger partial charge in [0.25, 0.3) is 10.0 Å². The SMILES string of the molecule is CC[C@@H]1CC[C@H](O)CCC(C)[C@H]2CCC3(C)[C@@H]([C@H](C)CCCNC(=O)NS(=O)(=O)c4ccc(OC(F)(F)F)cc4)CC[C@H]3[C@@H]2[C@@H]1O. The summed E-state index contributed by atoms with van der Waals surface area (Å²) in [5.74, 6) is 2.19. The fraction of sp³-hybridized carbons (Fsp3) is 0.794. The minimum absolute atomic E-state index is 0.128. The molecule has 1 aromatic carbocycles. The Morgan fingerprint density at radius 1 is 1.07 bits per heavy atom. The maximum atomic E-state index is 12.5. The van der Waals surface area contributed by atoms with Crippen LogP contribution in [0.15, 0.2) is 29.2 Å². The van der Waals surface area contributed by atoms with Crippen LogP contribution >= 0.6 is 0 Å². The van der Waals surface area contributed by atoms with Crippen molar-refractivity contribution in [2.75, 3.05) is 6.54 Å². The smallest absolute Gasteiger partial charge is 0.406 e.